The van der Waals surface area contributed by atoms with Crippen molar-refractivity contribution < 1.29 is 9.13 Å². The maximum Gasteiger partial charge on any atom is 0.122 e. The third kappa shape index (κ3) is 2.36. The lowest BCUT2D eigenvalue weighted by atomic mass is 10.00. The van der Waals surface area contributed by atoms with Crippen molar-refractivity contribution >= 4 is 11.6 Å². The van der Waals surface area contributed by atoms with Crippen molar-refractivity contribution in [3.8, 4) is 5.75 Å². The maximum absolute atomic E-state index is 12.6. The molecule has 0 saturated carbocycles. The van der Waals surface area contributed by atoms with Gasteiger partial charge in [0.25, 0.3) is 0 Å². The molecule has 0 aliphatic rings. The van der Waals surface area contributed by atoms with Gasteiger partial charge in [0.1, 0.15) is 5.75 Å². The summed E-state index contributed by atoms with van der Waals surface area (Å²) < 4.78 is 17.7. The van der Waals surface area contributed by atoms with E-state index in [0.29, 0.717) is 10.8 Å². The van der Waals surface area contributed by atoms with Gasteiger partial charge < -0.3 is 10.5 Å². The van der Waals surface area contributed by atoms with Crippen LogP contribution in [0.15, 0.2) is 18.2 Å². The van der Waals surface area contributed by atoms with Crippen LogP contribution >= 0.6 is 11.6 Å². The van der Waals surface area contributed by atoms with Gasteiger partial charge >= 0.3 is 0 Å². The van der Waals surface area contributed by atoms with Gasteiger partial charge in [-0.15, -0.1) is 0 Å². The minimum absolute atomic E-state index is 0.243. The van der Waals surface area contributed by atoms with Crippen molar-refractivity contribution in [1.82, 2.24) is 0 Å². The third-order valence-electron chi connectivity index (χ3n) is 2.10. The van der Waals surface area contributed by atoms with Crippen molar-refractivity contribution in [1.29, 1.82) is 0 Å². The molecule has 0 aromatic heterocycles. The van der Waals surface area contributed by atoms with Crippen molar-refractivity contribution in [3.63, 3.8) is 0 Å². The van der Waals surface area contributed by atoms with E-state index in [2.05, 4.69) is 0 Å². The Hall–Kier alpha value is -0.800. The van der Waals surface area contributed by atoms with Gasteiger partial charge in [-0.2, -0.15) is 0 Å². The fraction of sp³-hybridized carbons (Fsp3) is 0.400. The molecule has 0 aliphatic heterocycles. The van der Waals surface area contributed by atoms with Gasteiger partial charge in [-0.1, -0.05) is 11.6 Å². The van der Waals surface area contributed by atoms with Gasteiger partial charge in [0, 0.05) is 23.0 Å². The van der Waals surface area contributed by atoms with Crippen LogP contribution in [0.2, 0.25) is 5.02 Å². The highest BCUT2D eigenvalue weighted by atomic mass is 35.5. The Kier molecular flexibility index (Phi) is 4.17. The van der Waals surface area contributed by atoms with Gasteiger partial charge in [-0.05, 0) is 18.2 Å². The predicted octanol–water partition coefficient (Wildman–Crippen LogP) is 2.36. The van der Waals surface area contributed by atoms with E-state index in [-0.39, 0.29) is 12.5 Å². The van der Waals surface area contributed by atoms with Gasteiger partial charge in [0.15, 0.2) is 0 Å². The Morgan fingerprint density at radius 2 is 2.29 bits per heavy atom. The summed E-state index contributed by atoms with van der Waals surface area (Å²) in [5.41, 5.74) is 6.18. The van der Waals surface area contributed by atoms with Crippen LogP contribution in [0.3, 0.4) is 0 Å². The molecule has 2 N–H and O–H groups in total. The smallest absolute Gasteiger partial charge is 0.122 e. The average Bonchev–Trinajstić information content (AvgIpc) is 2.20. The summed E-state index contributed by atoms with van der Waals surface area (Å²) in [6.45, 7) is -0.263. The standard InChI is InChI=1S/C10H13ClFNO/c1-14-10-3-2-8(11)4-9(10)7(5-12)6-13/h2-4,7H,5-6,13H2,1H3. The Morgan fingerprint density at radius 1 is 1.57 bits per heavy atom. The number of methoxy groups -OCH3 is 1. The predicted molar refractivity (Wildman–Crippen MR) is 55.8 cm³/mol. The zero-order valence-electron chi connectivity index (χ0n) is 7.97. The summed E-state index contributed by atoms with van der Waals surface area (Å²) in [6.07, 6.45) is 0. The lowest BCUT2D eigenvalue weighted by Crippen LogP contribution is -2.15. The normalized spacial score (nSPS) is 12.6. The summed E-state index contributed by atoms with van der Waals surface area (Å²) in [6, 6.07) is 5.11. The summed E-state index contributed by atoms with van der Waals surface area (Å²) in [7, 11) is 1.54. The second-order valence-electron chi connectivity index (χ2n) is 2.97. The number of hydrogen-bond acceptors (Lipinski definition) is 2. The van der Waals surface area contributed by atoms with Crippen molar-refractivity contribution in [3.05, 3.63) is 28.8 Å². The number of alkyl halides is 1. The molecule has 0 amide bonds. The average molecular weight is 218 g/mol. The molecular formula is C10H13ClFNO. The Balaban J connectivity index is 3.08. The molecule has 1 unspecified atom stereocenters. The molecule has 2 nitrogen and oxygen atoms in total. The van der Waals surface area contributed by atoms with Gasteiger partial charge in [0.2, 0.25) is 0 Å². The van der Waals surface area contributed by atoms with E-state index in [1.807, 2.05) is 0 Å². The number of ether oxygens (including phenoxy) is 1. The van der Waals surface area contributed by atoms with E-state index in [1.54, 1.807) is 25.3 Å². The van der Waals surface area contributed by atoms with Crippen LogP contribution in [0, 0.1) is 0 Å². The number of hydrogen-bond donors (Lipinski definition) is 1. The Morgan fingerprint density at radius 3 is 2.79 bits per heavy atom. The molecule has 1 aromatic rings. The SMILES string of the molecule is COc1ccc(Cl)cc1C(CN)CF. The highest BCUT2D eigenvalue weighted by molar-refractivity contribution is 6.30. The summed E-state index contributed by atoms with van der Waals surface area (Å²) in [4.78, 5) is 0. The molecule has 0 fully saturated rings. The molecule has 1 rings (SSSR count). The maximum atomic E-state index is 12.6. The third-order valence-corrected chi connectivity index (χ3v) is 2.34. The van der Waals surface area contributed by atoms with E-state index in [9.17, 15) is 4.39 Å². The monoisotopic (exact) mass is 217 g/mol. The molecule has 4 heteroatoms. The zero-order valence-corrected chi connectivity index (χ0v) is 8.72. The Bertz CT molecular complexity index is 302. The summed E-state index contributed by atoms with van der Waals surface area (Å²) in [5, 5.41) is 0.563. The summed E-state index contributed by atoms with van der Waals surface area (Å²) in [5.74, 6) is 0.283. The fourth-order valence-electron chi connectivity index (χ4n) is 1.30. The first-order chi connectivity index (χ1) is 6.72. The van der Waals surface area contributed by atoms with E-state index in [1.165, 1.54) is 0 Å². The number of rotatable bonds is 4. The highest BCUT2D eigenvalue weighted by Crippen LogP contribution is 2.29. The van der Waals surface area contributed by atoms with Crippen LogP contribution < -0.4 is 10.5 Å². The molecule has 1 atom stereocenters. The van der Waals surface area contributed by atoms with E-state index in [0.717, 1.165) is 5.56 Å². The van der Waals surface area contributed by atoms with Crippen molar-refractivity contribution in [2.24, 2.45) is 5.73 Å². The first-order valence-electron chi connectivity index (χ1n) is 4.32. The van der Waals surface area contributed by atoms with E-state index >= 15 is 0 Å². The van der Waals surface area contributed by atoms with Crippen molar-refractivity contribution in [2.45, 2.75) is 5.92 Å². The molecule has 0 saturated heterocycles. The molecule has 78 valence electrons. The van der Waals surface area contributed by atoms with Gasteiger partial charge in [-0.25, -0.2) is 0 Å². The Labute approximate surface area is 87.8 Å². The largest absolute Gasteiger partial charge is 0.496 e. The minimum atomic E-state index is -0.507. The fourth-order valence-corrected chi connectivity index (χ4v) is 1.48. The van der Waals surface area contributed by atoms with Crippen LogP contribution in [0.25, 0.3) is 0 Å². The van der Waals surface area contributed by atoms with E-state index < -0.39 is 6.67 Å². The second-order valence-corrected chi connectivity index (χ2v) is 3.41. The summed E-state index contributed by atoms with van der Waals surface area (Å²) >= 11 is 5.81. The lowest BCUT2D eigenvalue weighted by molar-refractivity contribution is 0.388. The van der Waals surface area contributed by atoms with Crippen LogP contribution in [0.5, 0.6) is 5.75 Å². The number of benzene rings is 1. The molecular weight excluding hydrogens is 205 g/mol. The second kappa shape index (κ2) is 5.17. The van der Waals surface area contributed by atoms with E-state index in [4.69, 9.17) is 22.1 Å². The first kappa shape index (κ1) is 11.3. The van der Waals surface area contributed by atoms with Crippen LogP contribution in [0.1, 0.15) is 11.5 Å². The molecule has 14 heavy (non-hydrogen) atoms. The highest BCUT2D eigenvalue weighted by Gasteiger charge is 2.14. The minimum Gasteiger partial charge on any atom is -0.496 e. The molecule has 0 radical (unpaired) electrons. The topological polar surface area (TPSA) is 35.2 Å². The number of halogens is 2. The molecule has 1 aromatic carbocycles. The van der Waals surface area contributed by atoms with Crippen LogP contribution in [-0.2, 0) is 0 Å². The molecule has 0 aliphatic carbocycles. The van der Waals surface area contributed by atoms with Crippen molar-refractivity contribution in [2.75, 3.05) is 20.3 Å². The first-order valence-corrected chi connectivity index (χ1v) is 4.70. The zero-order chi connectivity index (χ0) is 10.6. The number of nitrogens with two attached hydrogens (primary N) is 1. The molecule has 0 heterocycles. The van der Waals surface area contributed by atoms with Gasteiger partial charge in [0.05, 0.1) is 13.8 Å². The molecule has 0 spiro atoms. The van der Waals surface area contributed by atoms with Crippen LogP contribution in [-0.4, -0.2) is 20.3 Å². The van der Waals surface area contributed by atoms with Crippen LogP contribution in [0.4, 0.5) is 4.39 Å². The quantitative estimate of drug-likeness (QED) is 0.841. The van der Waals surface area contributed by atoms with Gasteiger partial charge in [-0.3, -0.25) is 4.39 Å². The lowest BCUT2D eigenvalue weighted by Gasteiger charge is -2.15. The molecule has 0 bridgehead atoms.